The molecular weight excluding hydrogens is 546 g/mol. The first-order valence-electron chi connectivity index (χ1n) is 14.3. The van der Waals surface area contributed by atoms with Crippen molar-refractivity contribution in [2.75, 3.05) is 11.4 Å². The summed E-state index contributed by atoms with van der Waals surface area (Å²) < 4.78 is 16.7. The van der Waals surface area contributed by atoms with Gasteiger partial charge in [-0.3, -0.25) is 0 Å². The molecule has 1 aliphatic rings. The van der Waals surface area contributed by atoms with Crippen LogP contribution in [0.5, 0.6) is 5.75 Å². The van der Waals surface area contributed by atoms with Crippen molar-refractivity contribution in [3.8, 4) is 28.6 Å². The third kappa shape index (κ3) is 6.74. The number of carbonyl (C=O) groups is 1. The zero-order valence-corrected chi connectivity index (χ0v) is 24.4. The van der Waals surface area contributed by atoms with Crippen molar-refractivity contribution in [1.29, 1.82) is 0 Å². The highest BCUT2D eigenvalue weighted by Gasteiger charge is 2.30. The van der Waals surface area contributed by atoms with Gasteiger partial charge in [0.2, 0.25) is 11.7 Å². The van der Waals surface area contributed by atoms with Crippen LogP contribution < -0.4 is 9.64 Å². The molecule has 0 aliphatic heterocycles. The van der Waals surface area contributed by atoms with Crippen molar-refractivity contribution < 1.29 is 23.7 Å². The summed E-state index contributed by atoms with van der Waals surface area (Å²) in [7, 11) is 0. The van der Waals surface area contributed by atoms with E-state index in [1.54, 1.807) is 12.1 Å². The first-order chi connectivity index (χ1) is 20.7. The van der Waals surface area contributed by atoms with Crippen molar-refractivity contribution in [3.63, 3.8) is 0 Å². The van der Waals surface area contributed by atoms with Crippen molar-refractivity contribution in [2.45, 2.75) is 58.1 Å². The SMILES string of the molecule is Cc1cccc(-c2nc(N(CCc3ccc(OC(C)(C)C(=O)O)cc3)Cc3ccc(-c4noc(C5CC5)n4)cc3)no2)c1. The van der Waals surface area contributed by atoms with Crippen LogP contribution in [-0.2, 0) is 17.8 Å². The van der Waals surface area contributed by atoms with Crippen LogP contribution in [0.4, 0.5) is 5.95 Å². The molecule has 0 spiro atoms. The first-order valence-corrected chi connectivity index (χ1v) is 14.3. The lowest BCUT2D eigenvalue weighted by Crippen LogP contribution is -2.37. The second-order valence-corrected chi connectivity index (χ2v) is 11.4. The average molecular weight is 580 g/mol. The lowest BCUT2D eigenvalue weighted by molar-refractivity contribution is -0.152. The Hall–Kier alpha value is -4.99. The van der Waals surface area contributed by atoms with Crippen LogP contribution in [0.3, 0.4) is 0 Å². The smallest absolute Gasteiger partial charge is 0.347 e. The molecule has 2 heterocycles. The second kappa shape index (κ2) is 11.7. The Bertz CT molecular complexity index is 1700. The average Bonchev–Trinajstić information content (AvgIpc) is 3.51. The van der Waals surface area contributed by atoms with E-state index in [2.05, 4.69) is 20.2 Å². The Morgan fingerprint density at radius 3 is 2.40 bits per heavy atom. The Balaban J connectivity index is 1.19. The normalized spacial score (nSPS) is 13.2. The number of benzene rings is 3. The molecule has 5 aromatic rings. The molecule has 1 fully saturated rings. The van der Waals surface area contributed by atoms with Crippen LogP contribution >= 0.6 is 0 Å². The summed E-state index contributed by atoms with van der Waals surface area (Å²) in [5.41, 5.74) is 3.70. The predicted molar refractivity (Wildman–Crippen MR) is 160 cm³/mol. The molecule has 1 aliphatic carbocycles. The van der Waals surface area contributed by atoms with E-state index in [0.717, 1.165) is 46.5 Å². The Kier molecular flexibility index (Phi) is 7.67. The molecule has 0 unspecified atom stereocenters. The van der Waals surface area contributed by atoms with E-state index >= 15 is 0 Å². The minimum Gasteiger partial charge on any atom is -0.478 e. The zero-order valence-electron chi connectivity index (χ0n) is 24.4. The molecule has 10 nitrogen and oxygen atoms in total. The van der Waals surface area contributed by atoms with E-state index in [0.29, 0.717) is 48.8 Å². The summed E-state index contributed by atoms with van der Waals surface area (Å²) >= 11 is 0. The molecule has 3 aromatic carbocycles. The minimum atomic E-state index is -1.31. The number of carboxylic acid groups (broad SMARTS) is 1. The molecule has 1 N–H and O–H groups in total. The largest absolute Gasteiger partial charge is 0.478 e. The minimum absolute atomic E-state index is 0.411. The van der Waals surface area contributed by atoms with E-state index in [9.17, 15) is 9.90 Å². The molecule has 1 saturated carbocycles. The molecule has 43 heavy (non-hydrogen) atoms. The molecular formula is C33H33N5O5. The van der Waals surface area contributed by atoms with Gasteiger partial charge in [-0.15, -0.1) is 0 Å². The molecule has 2 aromatic heterocycles. The summed E-state index contributed by atoms with van der Waals surface area (Å²) in [5, 5.41) is 17.8. The van der Waals surface area contributed by atoms with E-state index in [-0.39, 0.29) is 0 Å². The Labute approximate surface area is 249 Å². The van der Waals surface area contributed by atoms with Crippen LogP contribution in [0.25, 0.3) is 22.8 Å². The summed E-state index contributed by atoms with van der Waals surface area (Å²) in [4.78, 5) is 22.8. The van der Waals surface area contributed by atoms with Crippen molar-refractivity contribution >= 4 is 11.9 Å². The van der Waals surface area contributed by atoms with Gasteiger partial charge in [0.05, 0.1) is 0 Å². The van der Waals surface area contributed by atoms with Gasteiger partial charge < -0.3 is 23.8 Å². The number of ether oxygens (including phenoxy) is 1. The monoisotopic (exact) mass is 579 g/mol. The van der Waals surface area contributed by atoms with Crippen LogP contribution in [0.1, 0.15) is 55.2 Å². The van der Waals surface area contributed by atoms with Gasteiger partial charge in [0.1, 0.15) is 5.75 Å². The molecule has 6 rings (SSSR count). The van der Waals surface area contributed by atoms with E-state index in [1.165, 1.54) is 13.8 Å². The fourth-order valence-electron chi connectivity index (χ4n) is 4.64. The molecule has 10 heteroatoms. The topological polar surface area (TPSA) is 128 Å². The van der Waals surface area contributed by atoms with Gasteiger partial charge in [-0.2, -0.15) is 9.97 Å². The summed E-state index contributed by atoms with van der Waals surface area (Å²) in [6, 6.07) is 23.5. The molecule has 220 valence electrons. The standard InChI is InChI=1S/C33H33N5O5/c1-21-5-4-6-26(19-21)30-35-32(37-43-30)38(18-17-22-9-15-27(16-10-22)41-33(2,3)31(39)40)20-23-7-11-24(12-8-23)28-34-29(42-36-28)25-13-14-25/h4-12,15-16,19,25H,13-14,17-18,20H2,1-3H3,(H,39,40). The molecule has 0 radical (unpaired) electrons. The van der Waals surface area contributed by atoms with E-state index in [1.807, 2.05) is 67.6 Å². The maximum atomic E-state index is 11.4. The summed E-state index contributed by atoms with van der Waals surface area (Å²) in [5.74, 6) is 2.17. The third-order valence-electron chi connectivity index (χ3n) is 7.40. The number of hydrogen-bond acceptors (Lipinski definition) is 9. The van der Waals surface area contributed by atoms with Crippen molar-refractivity contribution in [3.05, 3.63) is 95.4 Å². The van der Waals surface area contributed by atoms with Gasteiger partial charge in [0, 0.05) is 30.1 Å². The number of aromatic nitrogens is 4. The first kappa shape index (κ1) is 28.1. The number of anilines is 1. The van der Waals surface area contributed by atoms with Crippen LogP contribution in [0, 0.1) is 6.92 Å². The van der Waals surface area contributed by atoms with E-state index < -0.39 is 11.6 Å². The summed E-state index contributed by atoms with van der Waals surface area (Å²) in [6.07, 6.45) is 2.92. The quantitative estimate of drug-likeness (QED) is 0.176. The fourth-order valence-corrected chi connectivity index (χ4v) is 4.64. The van der Waals surface area contributed by atoms with Gasteiger partial charge in [-0.1, -0.05) is 59.3 Å². The van der Waals surface area contributed by atoms with Crippen LogP contribution in [0.2, 0.25) is 0 Å². The second-order valence-electron chi connectivity index (χ2n) is 11.4. The van der Waals surface area contributed by atoms with Crippen LogP contribution in [0.15, 0.2) is 81.8 Å². The Morgan fingerprint density at radius 2 is 1.70 bits per heavy atom. The predicted octanol–water partition coefficient (Wildman–Crippen LogP) is 6.46. The fraction of sp³-hybridized carbons (Fsp3) is 0.303. The van der Waals surface area contributed by atoms with Gasteiger partial charge in [0.15, 0.2) is 5.60 Å². The summed E-state index contributed by atoms with van der Waals surface area (Å²) in [6.45, 7) is 6.25. The van der Waals surface area contributed by atoms with Gasteiger partial charge in [0.25, 0.3) is 11.8 Å². The molecule has 0 bridgehead atoms. The van der Waals surface area contributed by atoms with Crippen molar-refractivity contribution in [2.24, 2.45) is 0 Å². The van der Waals surface area contributed by atoms with E-state index in [4.69, 9.17) is 18.8 Å². The lowest BCUT2D eigenvalue weighted by atomic mass is 10.1. The highest BCUT2D eigenvalue weighted by molar-refractivity contribution is 5.76. The van der Waals surface area contributed by atoms with Gasteiger partial charge in [-0.25, -0.2) is 4.79 Å². The van der Waals surface area contributed by atoms with Crippen molar-refractivity contribution in [1.82, 2.24) is 20.3 Å². The van der Waals surface area contributed by atoms with Gasteiger partial charge in [-0.05, 0) is 80.6 Å². The van der Waals surface area contributed by atoms with Crippen LogP contribution in [-0.4, -0.2) is 43.5 Å². The number of aryl methyl sites for hydroxylation is 1. The Morgan fingerprint density at radius 1 is 0.953 bits per heavy atom. The lowest BCUT2D eigenvalue weighted by Gasteiger charge is -2.22. The molecule has 0 atom stereocenters. The third-order valence-corrected chi connectivity index (χ3v) is 7.40. The number of rotatable bonds is 12. The number of aliphatic carboxylic acids is 1. The zero-order chi connectivity index (χ0) is 30.0. The molecule has 0 saturated heterocycles. The maximum Gasteiger partial charge on any atom is 0.347 e. The number of nitrogens with zero attached hydrogens (tertiary/aromatic N) is 5. The highest BCUT2D eigenvalue weighted by atomic mass is 16.5. The highest BCUT2D eigenvalue weighted by Crippen LogP contribution is 2.39. The molecule has 0 amide bonds. The van der Waals surface area contributed by atoms with Gasteiger partial charge >= 0.3 is 5.97 Å². The maximum absolute atomic E-state index is 11.4. The number of hydrogen-bond donors (Lipinski definition) is 1. The number of carboxylic acids is 1.